The third kappa shape index (κ3) is 2.81. The largest absolute Gasteiger partial charge is 0.477 e. The van der Waals surface area contributed by atoms with Gasteiger partial charge in [-0.05, 0) is 25.1 Å². The number of pyridine rings is 1. The molecule has 140 valence electrons. The Morgan fingerprint density at radius 2 is 1.85 bits per heavy atom. The van der Waals surface area contributed by atoms with Gasteiger partial charge in [0.15, 0.2) is 11.6 Å². The summed E-state index contributed by atoms with van der Waals surface area (Å²) in [4.78, 5) is 23.9. The highest BCUT2D eigenvalue weighted by molar-refractivity contribution is 5.94. The second-order valence-electron chi connectivity index (χ2n) is 5.90. The molecule has 1 aromatic heterocycles. The lowest BCUT2D eigenvalue weighted by molar-refractivity contribution is 0.0695. The van der Waals surface area contributed by atoms with Crippen molar-refractivity contribution < 1.29 is 28.2 Å². The molecule has 0 aliphatic carbocycles. The zero-order valence-electron chi connectivity index (χ0n) is 13.9. The van der Waals surface area contributed by atoms with Crippen molar-refractivity contribution in [2.24, 2.45) is 0 Å². The number of aromatic nitrogens is 1. The van der Waals surface area contributed by atoms with E-state index in [9.17, 15) is 33.0 Å². The number of aromatic carboxylic acids is 1. The number of aliphatic hydroxyl groups excluding tert-OH is 1. The lowest BCUT2D eigenvalue weighted by atomic mass is 10.0. The van der Waals surface area contributed by atoms with E-state index in [-0.39, 0.29) is 33.4 Å². The first-order valence-electron chi connectivity index (χ1n) is 7.63. The van der Waals surface area contributed by atoms with Gasteiger partial charge in [-0.2, -0.15) is 0 Å². The number of rotatable bonds is 3. The van der Waals surface area contributed by atoms with Crippen molar-refractivity contribution in [2.45, 2.75) is 13.5 Å². The number of nitrogen functional groups attached to an aromatic ring is 1. The average Bonchev–Trinajstić information content (AvgIpc) is 2.62. The zero-order chi connectivity index (χ0) is 20.0. The highest BCUT2D eigenvalue weighted by atomic mass is 19.2. The van der Waals surface area contributed by atoms with Crippen molar-refractivity contribution in [1.82, 2.24) is 4.57 Å². The number of hydrogen-bond donors (Lipinski definition) is 3. The van der Waals surface area contributed by atoms with E-state index in [2.05, 4.69) is 0 Å². The summed E-state index contributed by atoms with van der Waals surface area (Å²) in [5, 5.41) is 18.5. The van der Waals surface area contributed by atoms with Gasteiger partial charge in [-0.15, -0.1) is 0 Å². The summed E-state index contributed by atoms with van der Waals surface area (Å²) >= 11 is 0. The molecule has 3 aromatic rings. The van der Waals surface area contributed by atoms with Crippen molar-refractivity contribution in [3.05, 3.63) is 68.8 Å². The zero-order valence-corrected chi connectivity index (χ0v) is 13.9. The molecule has 0 saturated heterocycles. The minimum atomic E-state index is -1.58. The van der Waals surface area contributed by atoms with Gasteiger partial charge in [-0.3, -0.25) is 4.79 Å². The maximum absolute atomic E-state index is 14.1. The van der Waals surface area contributed by atoms with E-state index < -0.39 is 41.0 Å². The van der Waals surface area contributed by atoms with Crippen LogP contribution in [0, 0.1) is 24.4 Å². The van der Waals surface area contributed by atoms with Gasteiger partial charge in [0.1, 0.15) is 11.4 Å². The molecule has 0 bridgehead atoms. The standard InChI is InChI=1S/C18H13F3N2O4/c1-7-15(21)12(20)3-9-16(7)23(5-10(17(9)25)18(26)27)14-4-13(22)11(19)2-8(14)6-24/h2-5,24H,6,22H2,1H3,(H,26,27). The van der Waals surface area contributed by atoms with E-state index >= 15 is 0 Å². The molecule has 0 radical (unpaired) electrons. The number of benzene rings is 2. The number of carboxylic acids is 1. The van der Waals surface area contributed by atoms with E-state index in [1.54, 1.807) is 0 Å². The number of hydrogen-bond acceptors (Lipinski definition) is 4. The smallest absolute Gasteiger partial charge is 0.341 e. The maximum Gasteiger partial charge on any atom is 0.341 e. The normalized spacial score (nSPS) is 11.1. The van der Waals surface area contributed by atoms with Gasteiger partial charge >= 0.3 is 5.97 Å². The maximum atomic E-state index is 14.1. The molecule has 0 aliphatic rings. The molecule has 0 aliphatic heterocycles. The number of nitrogens with two attached hydrogens (primary N) is 1. The molecule has 6 nitrogen and oxygen atoms in total. The molecule has 3 rings (SSSR count). The first-order chi connectivity index (χ1) is 12.7. The van der Waals surface area contributed by atoms with Gasteiger partial charge in [0, 0.05) is 17.3 Å². The van der Waals surface area contributed by atoms with Crippen LogP contribution < -0.4 is 11.2 Å². The fourth-order valence-electron chi connectivity index (χ4n) is 2.94. The molecule has 0 amide bonds. The van der Waals surface area contributed by atoms with Gasteiger partial charge in [0.2, 0.25) is 5.43 Å². The van der Waals surface area contributed by atoms with Gasteiger partial charge in [-0.25, -0.2) is 18.0 Å². The number of nitrogens with zero attached hydrogens (tertiary/aromatic N) is 1. The van der Waals surface area contributed by atoms with Gasteiger partial charge < -0.3 is 20.5 Å². The summed E-state index contributed by atoms with van der Waals surface area (Å²) in [7, 11) is 0. The number of aryl methyl sites for hydroxylation is 1. The molecule has 2 aromatic carbocycles. The van der Waals surface area contributed by atoms with Crippen LogP contribution in [0.1, 0.15) is 21.5 Å². The summed E-state index contributed by atoms with van der Waals surface area (Å²) in [6, 6.07) is 2.65. The van der Waals surface area contributed by atoms with Crippen LogP contribution in [0.4, 0.5) is 18.9 Å². The Morgan fingerprint density at radius 3 is 2.44 bits per heavy atom. The summed E-state index contributed by atoms with van der Waals surface area (Å²) in [6.07, 6.45) is 0.906. The van der Waals surface area contributed by atoms with Crippen LogP contribution in [-0.4, -0.2) is 20.7 Å². The van der Waals surface area contributed by atoms with Gasteiger partial charge in [-0.1, -0.05) is 0 Å². The first kappa shape index (κ1) is 18.5. The second-order valence-corrected chi connectivity index (χ2v) is 5.90. The number of aliphatic hydroxyl groups is 1. The topological polar surface area (TPSA) is 106 Å². The number of anilines is 1. The monoisotopic (exact) mass is 378 g/mol. The number of halogens is 3. The molecule has 9 heteroatoms. The van der Waals surface area contributed by atoms with E-state index in [1.807, 2.05) is 0 Å². The molecule has 0 unspecified atom stereocenters. The lowest BCUT2D eigenvalue weighted by Gasteiger charge is -2.18. The Labute approximate surface area is 149 Å². The minimum Gasteiger partial charge on any atom is -0.477 e. The number of carboxylic acid groups (broad SMARTS) is 1. The third-order valence-corrected chi connectivity index (χ3v) is 4.27. The summed E-state index contributed by atoms with van der Waals surface area (Å²) in [5.74, 6) is -4.94. The van der Waals surface area contributed by atoms with Gasteiger partial charge in [0.05, 0.1) is 28.9 Å². The number of carbonyl (C=O) groups is 1. The highest BCUT2D eigenvalue weighted by Gasteiger charge is 2.22. The SMILES string of the molecule is Cc1c(F)c(F)cc2c(=O)c(C(=O)O)cn(-c3cc(N)c(F)cc3CO)c12. The summed E-state index contributed by atoms with van der Waals surface area (Å²) in [5.41, 5.74) is 3.19. The fourth-order valence-corrected chi connectivity index (χ4v) is 2.94. The molecule has 0 spiro atoms. The van der Waals surface area contributed by atoms with Crippen LogP contribution in [0.2, 0.25) is 0 Å². The van der Waals surface area contributed by atoms with Crippen LogP contribution in [0.3, 0.4) is 0 Å². The average molecular weight is 378 g/mol. The van der Waals surface area contributed by atoms with Crippen LogP contribution in [0.25, 0.3) is 16.6 Å². The summed E-state index contributed by atoms with van der Waals surface area (Å²) < 4.78 is 42.8. The van der Waals surface area contributed by atoms with Crippen molar-refractivity contribution in [3.8, 4) is 5.69 Å². The minimum absolute atomic E-state index is 0.00659. The van der Waals surface area contributed by atoms with Crippen LogP contribution in [0.5, 0.6) is 0 Å². The van der Waals surface area contributed by atoms with E-state index in [4.69, 9.17) is 5.73 Å². The predicted molar refractivity (Wildman–Crippen MR) is 91.5 cm³/mol. The predicted octanol–water partition coefficient (Wildman–Crippen LogP) is 2.49. The number of fused-ring (bicyclic) bond motifs is 1. The van der Waals surface area contributed by atoms with Crippen LogP contribution in [0.15, 0.2) is 29.2 Å². The van der Waals surface area contributed by atoms with E-state index in [0.717, 1.165) is 22.9 Å². The Balaban J connectivity index is 2.59. The molecule has 0 atom stereocenters. The van der Waals surface area contributed by atoms with Crippen LogP contribution >= 0.6 is 0 Å². The summed E-state index contributed by atoms with van der Waals surface area (Å²) in [6.45, 7) is 0.563. The highest BCUT2D eigenvalue weighted by Crippen LogP contribution is 2.28. The van der Waals surface area contributed by atoms with Crippen molar-refractivity contribution >= 4 is 22.6 Å². The molecular formula is C18H13F3N2O4. The Kier molecular flexibility index (Phi) is 4.40. The molecule has 1 heterocycles. The first-order valence-corrected chi connectivity index (χ1v) is 7.63. The molecular weight excluding hydrogens is 365 g/mol. The van der Waals surface area contributed by atoms with Crippen LogP contribution in [-0.2, 0) is 6.61 Å². The second kappa shape index (κ2) is 6.44. The lowest BCUT2D eigenvalue weighted by Crippen LogP contribution is -2.20. The molecule has 0 saturated carbocycles. The van der Waals surface area contributed by atoms with Crippen molar-refractivity contribution in [2.75, 3.05) is 5.73 Å². The molecule has 4 N–H and O–H groups in total. The Bertz CT molecular complexity index is 1170. The van der Waals surface area contributed by atoms with Crippen molar-refractivity contribution in [3.63, 3.8) is 0 Å². The third-order valence-electron chi connectivity index (χ3n) is 4.27. The van der Waals surface area contributed by atoms with E-state index in [0.29, 0.717) is 6.07 Å². The Morgan fingerprint density at radius 1 is 1.19 bits per heavy atom. The van der Waals surface area contributed by atoms with Crippen molar-refractivity contribution in [1.29, 1.82) is 0 Å². The molecule has 27 heavy (non-hydrogen) atoms. The van der Waals surface area contributed by atoms with Gasteiger partial charge in [0.25, 0.3) is 0 Å². The quantitative estimate of drug-likeness (QED) is 0.608. The Hall–Kier alpha value is -3.33. The fraction of sp³-hybridized carbons (Fsp3) is 0.111. The van der Waals surface area contributed by atoms with E-state index in [1.165, 1.54) is 6.92 Å². The molecule has 0 fully saturated rings.